The van der Waals surface area contributed by atoms with Gasteiger partial charge in [0.25, 0.3) is 0 Å². The molecule has 1 aliphatic heterocycles. The number of benzene rings is 2. The average molecular weight is 550 g/mol. The zero-order chi connectivity index (χ0) is 28.7. The maximum atomic E-state index is 13.8. The van der Waals surface area contributed by atoms with Crippen LogP contribution in [0.1, 0.15) is 61.8 Å². The van der Waals surface area contributed by atoms with Gasteiger partial charge in [0, 0.05) is 24.3 Å². The summed E-state index contributed by atoms with van der Waals surface area (Å²) in [7, 11) is 2.74. The quantitative estimate of drug-likeness (QED) is 0.352. The summed E-state index contributed by atoms with van der Waals surface area (Å²) in [6, 6.07) is 4.38. The van der Waals surface area contributed by atoms with Crippen LogP contribution >= 0.6 is 0 Å². The molecule has 0 unspecified atom stereocenters. The highest BCUT2D eigenvalue weighted by atomic mass is 19.4. The van der Waals surface area contributed by atoms with Gasteiger partial charge >= 0.3 is 18.3 Å². The molecule has 0 fully saturated rings. The van der Waals surface area contributed by atoms with E-state index in [0.717, 1.165) is 0 Å². The number of carboxylic acid groups (broad SMARTS) is 1. The Labute approximate surface area is 215 Å². The molecule has 1 aliphatic rings. The maximum Gasteiger partial charge on any atom is 0.416 e. The van der Waals surface area contributed by atoms with Crippen LogP contribution in [-0.4, -0.2) is 37.4 Å². The molecule has 2 N–H and O–H groups in total. The van der Waals surface area contributed by atoms with Gasteiger partial charge in [0.05, 0.1) is 30.9 Å². The molecule has 0 saturated heterocycles. The smallest absolute Gasteiger partial charge is 0.416 e. The molecular weight excluding hydrogens is 520 g/mol. The Kier molecular flexibility index (Phi) is 7.89. The molecule has 0 aliphatic carbocycles. The zero-order valence-electron chi connectivity index (χ0n) is 21.4. The van der Waals surface area contributed by atoms with Crippen LogP contribution in [0.15, 0.2) is 30.3 Å². The number of nitrogens with one attached hydrogen (secondary N) is 1. The van der Waals surface area contributed by atoms with Crippen LogP contribution in [0.3, 0.4) is 0 Å². The molecule has 0 radical (unpaired) electrons. The highest BCUT2D eigenvalue weighted by Crippen LogP contribution is 2.55. The molecule has 0 saturated carbocycles. The van der Waals surface area contributed by atoms with Crippen LogP contribution in [0.4, 0.5) is 32.0 Å². The lowest BCUT2D eigenvalue weighted by Gasteiger charge is -2.48. The summed E-state index contributed by atoms with van der Waals surface area (Å²) in [4.78, 5) is 12.3. The predicted molar refractivity (Wildman–Crippen MR) is 127 cm³/mol. The predicted octanol–water partition coefficient (Wildman–Crippen LogP) is 6.83. The van der Waals surface area contributed by atoms with Gasteiger partial charge in [0.15, 0.2) is 11.5 Å². The van der Waals surface area contributed by atoms with Crippen LogP contribution in [0.25, 0.3) is 0 Å². The molecule has 2 aromatic rings. The van der Waals surface area contributed by atoms with E-state index in [0.29, 0.717) is 17.7 Å². The van der Waals surface area contributed by atoms with E-state index in [1.165, 1.54) is 33.3 Å². The lowest BCUT2D eigenvalue weighted by molar-refractivity contribution is -0.143. The van der Waals surface area contributed by atoms with Crippen LogP contribution in [0.5, 0.6) is 11.5 Å². The van der Waals surface area contributed by atoms with Gasteiger partial charge in [-0.25, -0.2) is 4.79 Å². The number of halogens is 6. The fourth-order valence-electron chi connectivity index (χ4n) is 5.11. The first kappa shape index (κ1) is 29.4. The highest BCUT2D eigenvalue weighted by Gasteiger charge is 2.52. The molecule has 12 heteroatoms. The second kappa shape index (κ2) is 10.2. The van der Waals surface area contributed by atoms with E-state index < -0.39 is 46.5 Å². The highest BCUT2D eigenvalue weighted by molar-refractivity contribution is 5.85. The van der Waals surface area contributed by atoms with Gasteiger partial charge in [-0.15, -0.1) is 0 Å². The molecule has 6 nitrogen and oxygen atoms in total. The lowest BCUT2D eigenvalue weighted by atomic mass is 9.67. The van der Waals surface area contributed by atoms with Crippen molar-refractivity contribution in [3.05, 3.63) is 52.6 Å². The van der Waals surface area contributed by atoms with Gasteiger partial charge in [-0.3, -0.25) is 0 Å². The number of carbonyl (C=O) groups is 1. The normalized spacial score (nSPS) is 21.2. The Bertz CT molecular complexity index is 1170. The van der Waals surface area contributed by atoms with Crippen molar-refractivity contribution in [1.29, 1.82) is 0 Å². The van der Waals surface area contributed by atoms with E-state index in [4.69, 9.17) is 14.2 Å². The standard InChI is InChI=1S/C26H29F6NO5/c1-6-24(38-7-2,14-8-15(25(27,28)29)10-16(9-14)26(30,31)32)18-13-23(3,22(34)35)33-19-12-21(37-5)20(36-4)11-17(18)19/h8-12,18,33H,6-7,13H2,1-5H3,(H,34,35)/t18-,23-,24-/m1/s1. The second-order valence-electron chi connectivity index (χ2n) is 9.28. The molecular formula is C26H29F6NO5. The minimum absolute atomic E-state index is 0.0570. The number of rotatable bonds is 8. The summed E-state index contributed by atoms with van der Waals surface area (Å²) in [5, 5.41) is 13.0. The summed E-state index contributed by atoms with van der Waals surface area (Å²) in [5.74, 6) is -1.75. The van der Waals surface area contributed by atoms with Crippen molar-refractivity contribution in [2.24, 2.45) is 0 Å². The lowest BCUT2D eigenvalue weighted by Crippen LogP contribution is -2.51. The third-order valence-corrected chi connectivity index (χ3v) is 6.99. The SMILES string of the molecule is CCO[C@](CC)(c1cc(C(F)(F)F)cc(C(F)(F)F)c1)[C@@H]1C[C@](C)(C(=O)O)Nc2cc(OC)c(OC)cc21. The number of carboxylic acids is 1. The summed E-state index contributed by atoms with van der Waals surface area (Å²) in [5.41, 5.74) is -6.03. The van der Waals surface area contributed by atoms with Crippen LogP contribution in [-0.2, 0) is 27.5 Å². The molecule has 0 aromatic heterocycles. The molecule has 2 aromatic carbocycles. The van der Waals surface area contributed by atoms with E-state index in [2.05, 4.69) is 5.32 Å². The number of anilines is 1. The summed E-state index contributed by atoms with van der Waals surface area (Å²) in [6.07, 6.45) is -10.4. The Hall–Kier alpha value is -3.15. The van der Waals surface area contributed by atoms with E-state index in [-0.39, 0.29) is 48.3 Å². The molecule has 38 heavy (non-hydrogen) atoms. The number of hydrogen-bond acceptors (Lipinski definition) is 5. The molecule has 0 bridgehead atoms. The summed E-state index contributed by atoms with van der Waals surface area (Å²) >= 11 is 0. The largest absolute Gasteiger partial charge is 0.493 e. The van der Waals surface area contributed by atoms with Crippen LogP contribution in [0, 0.1) is 0 Å². The Morgan fingerprint density at radius 1 is 0.947 bits per heavy atom. The third-order valence-electron chi connectivity index (χ3n) is 6.99. The van der Waals surface area contributed by atoms with Crippen LogP contribution < -0.4 is 14.8 Å². The van der Waals surface area contributed by atoms with Crippen molar-refractivity contribution in [2.45, 2.75) is 63.0 Å². The zero-order valence-corrected chi connectivity index (χ0v) is 21.4. The van der Waals surface area contributed by atoms with E-state index >= 15 is 0 Å². The van der Waals surface area contributed by atoms with Crippen molar-refractivity contribution >= 4 is 11.7 Å². The Balaban J connectivity index is 2.42. The van der Waals surface area contributed by atoms with Crippen molar-refractivity contribution < 1.29 is 50.5 Å². The van der Waals surface area contributed by atoms with Gasteiger partial charge < -0.3 is 24.6 Å². The van der Waals surface area contributed by atoms with Gasteiger partial charge in [0.2, 0.25) is 0 Å². The van der Waals surface area contributed by atoms with Crippen molar-refractivity contribution in [2.75, 3.05) is 26.1 Å². The fourth-order valence-corrected chi connectivity index (χ4v) is 5.11. The van der Waals surface area contributed by atoms with Gasteiger partial charge in [0.1, 0.15) is 5.54 Å². The summed E-state index contributed by atoms with van der Waals surface area (Å²) < 4.78 is 99.5. The van der Waals surface area contributed by atoms with E-state index in [1.54, 1.807) is 13.8 Å². The number of methoxy groups -OCH3 is 2. The molecule has 210 valence electrons. The fraction of sp³-hybridized carbons (Fsp3) is 0.500. The number of alkyl halides is 6. The third kappa shape index (κ3) is 5.23. The monoisotopic (exact) mass is 549 g/mol. The summed E-state index contributed by atoms with van der Waals surface area (Å²) in [6.45, 7) is 4.46. The molecule has 3 atom stereocenters. The number of hydrogen-bond donors (Lipinski definition) is 2. The minimum Gasteiger partial charge on any atom is -0.493 e. The first-order chi connectivity index (χ1) is 17.6. The van der Waals surface area contributed by atoms with Crippen molar-refractivity contribution in [1.82, 2.24) is 0 Å². The Morgan fingerprint density at radius 3 is 1.87 bits per heavy atom. The number of aliphatic carboxylic acids is 1. The molecule has 1 heterocycles. The first-order valence-electron chi connectivity index (χ1n) is 11.8. The van der Waals surface area contributed by atoms with Crippen LogP contribution in [0.2, 0.25) is 0 Å². The molecule has 0 spiro atoms. The maximum absolute atomic E-state index is 13.8. The first-order valence-corrected chi connectivity index (χ1v) is 11.8. The average Bonchev–Trinajstić information content (AvgIpc) is 2.84. The topological polar surface area (TPSA) is 77.0 Å². The Morgan fingerprint density at radius 2 is 1.45 bits per heavy atom. The molecule has 3 rings (SSSR count). The van der Waals surface area contributed by atoms with E-state index in [1.807, 2.05) is 0 Å². The van der Waals surface area contributed by atoms with Gasteiger partial charge in [-0.1, -0.05) is 6.92 Å². The number of fused-ring (bicyclic) bond motifs is 1. The van der Waals surface area contributed by atoms with Gasteiger partial charge in [-0.2, -0.15) is 26.3 Å². The van der Waals surface area contributed by atoms with Crippen molar-refractivity contribution in [3.8, 4) is 11.5 Å². The van der Waals surface area contributed by atoms with Crippen molar-refractivity contribution in [3.63, 3.8) is 0 Å². The number of ether oxygens (including phenoxy) is 3. The second-order valence-corrected chi connectivity index (χ2v) is 9.28. The minimum atomic E-state index is -5.07. The van der Waals surface area contributed by atoms with E-state index in [9.17, 15) is 36.2 Å². The van der Waals surface area contributed by atoms with Gasteiger partial charge in [-0.05, 0) is 62.1 Å². The molecule has 0 amide bonds.